The summed E-state index contributed by atoms with van der Waals surface area (Å²) in [7, 11) is 0. The molecule has 1 aliphatic heterocycles. The Morgan fingerprint density at radius 3 is 2.22 bits per heavy atom. The minimum absolute atomic E-state index is 0.0108. The fraction of sp³-hybridized carbons (Fsp3) is 0.808. The van der Waals surface area contributed by atoms with Gasteiger partial charge in [-0.15, -0.1) is 0 Å². The SMILES string of the molecule is CCCC(NC(=O)[C@@H]1[C@H]2CCC3(CC3)[C@H]2CN1C(=O)[C@@H](NC(N)=O)C(C)(C)C)C(=O)C(=O)NC1CC1. The zero-order valence-electron chi connectivity index (χ0n) is 21.9. The number of hydrogen-bond acceptors (Lipinski definition) is 5. The Morgan fingerprint density at radius 2 is 1.69 bits per heavy atom. The van der Waals surface area contributed by atoms with Gasteiger partial charge in [-0.05, 0) is 67.6 Å². The third-order valence-corrected chi connectivity index (χ3v) is 8.60. The zero-order valence-corrected chi connectivity index (χ0v) is 21.9. The van der Waals surface area contributed by atoms with Crippen LogP contribution in [0.1, 0.15) is 79.1 Å². The van der Waals surface area contributed by atoms with Crippen molar-refractivity contribution in [3.05, 3.63) is 0 Å². The second-order valence-electron chi connectivity index (χ2n) is 12.4. The maximum absolute atomic E-state index is 13.8. The zero-order chi connectivity index (χ0) is 26.4. The summed E-state index contributed by atoms with van der Waals surface area (Å²) < 4.78 is 0. The molecule has 10 nitrogen and oxygen atoms in total. The van der Waals surface area contributed by atoms with Crippen molar-refractivity contribution >= 4 is 29.5 Å². The molecule has 5 amide bonds. The summed E-state index contributed by atoms with van der Waals surface area (Å²) in [5.41, 5.74) is 4.96. The first-order valence-electron chi connectivity index (χ1n) is 13.4. The fourth-order valence-electron chi connectivity index (χ4n) is 6.32. The van der Waals surface area contributed by atoms with Crippen molar-refractivity contribution in [2.45, 2.75) is 103 Å². The number of urea groups is 1. The number of rotatable bonds is 9. The van der Waals surface area contributed by atoms with Crippen LogP contribution in [0.15, 0.2) is 0 Å². The maximum atomic E-state index is 13.8. The van der Waals surface area contributed by atoms with E-state index in [0.29, 0.717) is 19.4 Å². The molecule has 4 rings (SSSR count). The van der Waals surface area contributed by atoms with Crippen LogP contribution in [0.4, 0.5) is 4.79 Å². The molecule has 1 spiro atoms. The molecule has 0 bridgehead atoms. The normalized spacial score (nSPS) is 27.7. The molecule has 3 aliphatic carbocycles. The van der Waals surface area contributed by atoms with Crippen molar-refractivity contribution in [3.63, 3.8) is 0 Å². The van der Waals surface area contributed by atoms with Crippen LogP contribution in [0.25, 0.3) is 0 Å². The number of nitrogens with zero attached hydrogens (tertiary/aromatic N) is 1. The Kier molecular flexibility index (Phi) is 7.09. The highest BCUT2D eigenvalue weighted by atomic mass is 16.2. The lowest BCUT2D eigenvalue weighted by atomic mass is 9.85. The molecular formula is C26H41N5O5. The topological polar surface area (TPSA) is 151 Å². The average molecular weight is 504 g/mol. The number of primary amides is 1. The molecule has 1 heterocycles. The lowest BCUT2D eigenvalue weighted by Gasteiger charge is -2.36. The van der Waals surface area contributed by atoms with E-state index < -0.39 is 47.2 Å². The third-order valence-electron chi connectivity index (χ3n) is 8.60. The molecule has 3 saturated carbocycles. The molecule has 0 aromatic heterocycles. The van der Waals surface area contributed by atoms with E-state index in [-0.39, 0.29) is 29.2 Å². The average Bonchev–Trinajstić information content (AvgIpc) is 3.70. The summed E-state index contributed by atoms with van der Waals surface area (Å²) in [5, 5.41) is 8.14. The van der Waals surface area contributed by atoms with Crippen LogP contribution in [0.2, 0.25) is 0 Å². The molecule has 0 radical (unpaired) electrons. The van der Waals surface area contributed by atoms with Crippen molar-refractivity contribution in [1.82, 2.24) is 20.9 Å². The number of carbonyl (C=O) groups excluding carboxylic acids is 5. The van der Waals surface area contributed by atoms with Gasteiger partial charge in [0, 0.05) is 12.6 Å². The van der Waals surface area contributed by atoms with Crippen LogP contribution in [-0.2, 0) is 19.2 Å². The largest absolute Gasteiger partial charge is 0.352 e. The molecule has 1 saturated heterocycles. The van der Waals surface area contributed by atoms with Gasteiger partial charge in [0.05, 0.1) is 6.04 Å². The van der Waals surface area contributed by atoms with E-state index in [9.17, 15) is 24.0 Å². The van der Waals surface area contributed by atoms with E-state index in [0.717, 1.165) is 38.5 Å². The Morgan fingerprint density at radius 1 is 1.03 bits per heavy atom. The Balaban J connectivity index is 1.57. The van der Waals surface area contributed by atoms with E-state index in [1.165, 1.54) is 0 Å². The molecule has 4 aliphatic rings. The van der Waals surface area contributed by atoms with E-state index in [1.807, 2.05) is 27.7 Å². The number of fused-ring (bicyclic) bond motifs is 2. The second-order valence-corrected chi connectivity index (χ2v) is 12.4. The first-order valence-corrected chi connectivity index (χ1v) is 13.4. The van der Waals surface area contributed by atoms with Crippen LogP contribution in [0, 0.1) is 22.7 Å². The summed E-state index contributed by atoms with van der Waals surface area (Å²) in [6, 6.07) is -3.32. The number of nitrogens with one attached hydrogen (secondary N) is 3. The van der Waals surface area contributed by atoms with Crippen molar-refractivity contribution in [2.24, 2.45) is 28.4 Å². The smallest absolute Gasteiger partial charge is 0.312 e. The quantitative estimate of drug-likeness (QED) is 0.349. The number of amides is 5. The Labute approximate surface area is 212 Å². The molecule has 4 fully saturated rings. The first kappa shape index (κ1) is 26.4. The van der Waals surface area contributed by atoms with Gasteiger partial charge in [0.15, 0.2) is 0 Å². The number of carbonyl (C=O) groups is 5. The highest BCUT2D eigenvalue weighted by Gasteiger charge is 2.64. The molecule has 0 aromatic carbocycles. The summed E-state index contributed by atoms with van der Waals surface area (Å²) in [6.07, 6.45) is 6.77. The van der Waals surface area contributed by atoms with Gasteiger partial charge < -0.3 is 26.6 Å². The third kappa shape index (κ3) is 5.22. The van der Waals surface area contributed by atoms with Crippen LogP contribution >= 0.6 is 0 Å². The first-order chi connectivity index (χ1) is 16.9. The van der Waals surface area contributed by atoms with Gasteiger partial charge in [-0.2, -0.15) is 0 Å². The summed E-state index contributed by atoms with van der Waals surface area (Å²) in [5.74, 6) is -1.83. The van der Waals surface area contributed by atoms with E-state index in [2.05, 4.69) is 16.0 Å². The summed E-state index contributed by atoms with van der Waals surface area (Å²) in [6.45, 7) is 7.87. The Bertz CT molecular complexity index is 935. The molecule has 5 N–H and O–H groups in total. The molecule has 0 aromatic rings. The molecule has 36 heavy (non-hydrogen) atoms. The van der Waals surface area contributed by atoms with Gasteiger partial charge in [0.2, 0.25) is 17.6 Å². The van der Waals surface area contributed by atoms with Gasteiger partial charge in [-0.1, -0.05) is 34.1 Å². The predicted molar refractivity (Wildman–Crippen MR) is 132 cm³/mol. The van der Waals surface area contributed by atoms with Crippen LogP contribution in [0.3, 0.4) is 0 Å². The highest BCUT2D eigenvalue weighted by molar-refractivity contribution is 6.38. The van der Waals surface area contributed by atoms with Gasteiger partial charge in [-0.3, -0.25) is 19.2 Å². The lowest BCUT2D eigenvalue weighted by Crippen LogP contribution is -2.60. The Hall–Kier alpha value is -2.65. The maximum Gasteiger partial charge on any atom is 0.312 e. The minimum Gasteiger partial charge on any atom is -0.352 e. The second kappa shape index (κ2) is 9.67. The van der Waals surface area contributed by atoms with Crippen molar-refractivity contribution in [2.75, 3.05) is 6.54 Å². The fourth-order valence-corrected chi connectivity index (χ4v) is 6.32. The molecule has 1 unspecified atom stereocenters. The molecule has 5 atom stereocenters. The van der Waals surface area contributed by atoms with E-state index in [1.54, 1.807) is 4.90 Å². The number of nitrogens with two attached hydrogens (primary N) is 1. The number of ketones is 1. The predicted octanol–water partition coefficient (Wildman–Crippen LogP) is 1.22. The molecular weight excluding hydrogens is 462 g/mol. The number of likely N-dealkylation sites (tertiary alicyclic amines) is 1. The van der Waals surface area contributed by atoms with Gasteiger partial charge >= 0.3 is 6.03 Å². The van der Waals surface area contributed by atoms with Crippen LogP contribution < -0.4 is 21.7 Å². The van der Waals surface area contributed by atoms with Crippen molar-refractivity contribution < 1.29 is 24.0 Å². The van der Waals surface area contributed by atoms with Crippen LogP contribution in [0.5, 0.6) is 0 Å². The lowest BCUT2D eigenvalue weighted by molar-refractivity contribution is -0.144. The van der Waals surface area contributed by atoms with Crippen molar-refractivity contribution in [3.8, 4) is 0 Å². The summed E-state index contributed by atoms with van der Waals surface area (Å²) in [4.78, 5) is 66.3. The number of hydrogen-bond donors (Lipinski definition) is 4. The van der Waals surface area contributed by atoms with Crippen LogP contribution in [-0.4, -0.2) is 65.1 Å². The van der Waals surface area contributed by atoms with Gasteiger partial charge in [0.1, 0.15) is 12.1 Å². The van der Waals surface area contributed by atoms with E-state index in [4.69, 9.17) is 5.73 Å². The highest BCUT2D eigenvalue weighted by Crippen LogP contribution is 2.66. The van der Waals surface area contributed by atoms with Gasteiger partial charge in [0.25, 0.3) is 5.91 Å². The summed E-state index contributed by atoms with van der Waals surface area (Å²) >= 11 is 0. The van der Waals surface area contributed by atoms with Gasteiger partial charge in [-0.25, -0.2) is 4.79 Å². The van der Waals surface area contributed by atoms with E-state index >= 15 is 0 Å². The monoisotopic (exact) mass is 503 g/mol. The minimum atomic E-state index is -0.935. The van der Waals surface area contributed by atoms with Crippen molar-refractivity contribution in [1.29, 1.82) is 0 Å². The molecule has 200 valence electrons. The molecule has 10 heteroatoms. The number of Topliss-reactive ketones (excluding diaryl/α,β-unsaturated/α-hetero) is 1. The standard InChI is InChI=1S/C26H41N5O5/c1-5-6-17(19(32)22(34)28-14-7-8-14)29-21(33)18-15-9-10-26(11-12-26)16(15)13-31(18)23(35)20(25(2,3)4)30-24(27)36/h14-18,20H,5-13H2,1-4H3,(H,28,34)(H,29,33)(H3,27,30,36)/t15-,16-,17?,18-,20+/m0/s1.